The molecule has 0 spiro atoms. The first-order valence-corrected chi connectivity index (χ1v) is 6.58. The fourth-order valence-corrected chi connectivity index (χ4v) is 2.32. The van der Waals surface area contributed by atoms with Crippen molar-refractivity contribution in [2.75, 3.05) is 13.7 Å². The highest BCUT2D eigenvalue weighted by molar-refractivity contribution is 7.15. The second-order valence-corrected chi connectivity index (χ2v) is 5.17. The van der Waals surface area contributed by atoms with Crippen LogP contribution in [0.3, 0.4) is 0 Å². The molecule has 1 amide bonds. The summed E-state index contributed by atoms with van der Waals surface area (Å²) in [6.45, 7) is 4.14. The van der Waals surface area contributed by atoms with Gasteiger partial charge in [0.25, 0.3) is 5.91 Å². The molecule has 0 saturated carbocycles. The van der Waals surface area contributed by atoms with Gasteiger partial charge >= 0.3 is 5.97 Å². The van der Waals surface area contributed by atoms with Crippen LogP contribution in [0.2, 0.25) is 0 Å². The summed E-state index contributed by atoms with van der Waals surface area (Å²) in [5.41, 5.74) is 0.882. The lowest BCUT2D eigenvalue weighted by molar-refractivity contribution is -0.131. The number of aryl methyl sites for hydroxylation is 1. The molecule has 0 aliphatic heterocycles. The molecule has 0 aliphatic carbocycles. The SMILES string of the molecule is COC(C)CNC(=O)c1cc(C)c(/C=C/C(=O)O)s1. The maximum absolute atomic E-state index is 11.9. The van der Waals surface area contributed by atoms with Crippen molar-refractivity contribution in [1.29, 1.82) is 0 Å². The van der Waals surface area contributed by atoms with E-state index >= 15 is 0 Å². The number of carbonyl (C=O) groups excluding carboxylic acids is 1. The number of thiophene rings is 1. The van der Waals surface area contributed by atoms with Crippen molar-refractivity contribution in [2.45, 2.75) is 20.0 Å². The van der Waals surface area contributed by atoms with Gasteiger partial charge in [0, 0.05) is 24.6 Å². The van der Waals surface area contributed by atoms with Crippen LogP contribution in [0.25, 0.3) is 6.08 Å². The van der Waals surface area contributed by atoms with Crippen LogP contribution in [0, 0.1) is 6.92 Å². The van der Waals surface area contributed by atoms with Gasteiger partial charge in [-0.3, -0.25) is 4.79 Å². The van der Waals surface area contributed by atoms with Crippen molar-refractivity contribution in [3.63, 3.8) is 0 Å². The first kappa shape index (κ1) is 15.4. The van der Waals surface area contributed by atoms with E-state index in [1.807, 2.05) is 13.8 Å². The standard InChI is InChI=1S/C13H17NO4S/c1-8-6-11(13(17)14-7-9(2)18-3)19-10(8)4-5-12(15)16/h4-6,9H,7H2,1-3H3,(H,14,17)(H,15,16)/b5-4+. The van der Waals surface area contributed by atoms with Gasteiger partial charge < -0.3 is 15.2 Å². The molecule has 1 aromatic heterocycles. The number of carboxylic acids is 1. The quantitative estimate of drug-likeness (QED) is 0.782. The zero-order valence-electron chi connectivity index (χ0n) is 11.1. The Morgan fingerprint density at radius 2 is 2.26 bits per heavy atom. The summed E-state index contributed by atoms with van der Waals surface area (Å²) in [6.07, 6.45) is 2.51. The van der Waals surface area contributed by atoms with Crippen LogP contribution < -0.4 is 5.32 Å². The Balaban J connectivity index is 2.72. The molecule has 104 valence electrons. The number of aliphatic carboxylic acids is 1. The highest BCUT2D eigenvalue weighted by Crippen LogP contribution is 2.23. The zero-order chi connectivity index (χ0) is 14.4. The zero-order valence-corrected chi connectivity index (χ0v) is 11.9. The van der Waals surface area contributed by atoms with E-state index in [4.69, 9.17) is 9.84 Å². The molecule has 2 N–H and O–H groups in total. The van der Waals surface area contributed by atoms with Crippen molar-refractivity contribution in [1.82, 2.24) is 5.32 Å². The molecule has 5 nitrogen and oxygen atoms in total. The van der Waals surface area contributed by atoms with Gasteiger partial charge in [0.1, 0.15) is 0 Å². The molecule has 0 aromatic carbocycles. The Morgan fingerprint density at radius 3 is 2.84 bits per heavy atom. The number of ether oxygens (including phenoxy) is 1. The number of rotatable bonds is 6. The van der Waals surface area contributed by atoms with Gasteiger partial charge in [-0.25, -0.2) is 4.79 Å². The van der Waals surface area contributed by atoms with E-state index in [0.717, 1.165) is 16.5 Å². The Kier molecular flexibility index (Phi) is 5.72. The fraction of sp³-hybridized carbons (Fsp3) is 0.385. The summed E-state index contributed by atoms with van der Waals surface area (Å²) in [5.74, 6) is -1.18. The molecule has 0 radical (unpaired) electrons. The Bertz CT molecular complexity index is 493. The van der Waals surface area contributed by atoms with E-state index in [2.05, 4.69) is 5.32 Å². The highest BCUT2D eigenvalue weighted by atomic mass is 32.1. The third kappa shape index (κ3) is 4.84. The summed E-state index contributed by atoms with van der Waals surface area (Å²) in [4.78, 5) is 23.7. The third-order valence-corrected chi connectivity index (χ3v) is 3.71. The molecule has 1 aromatic rings. The number of carboxylic acid groups (broad SMARTS) is 1. The van der Waals surface area contributed by atoms with Crippen molar-refractivity contribution in [3.05, 3.63) is 27.5 Å². The minimum absolute atomic E-state index is 0.0450. The maximum Gasteiger partial charge on any atom is 0.328 e. The molecule has 0 saturated heterocycles. The van der Waals surface area contributed by atoms with Crippen molar-refractivity contribution >= 4 is 29.3 Å². The first-order chi connectivity index (χ1) is 8.93. The topological polar surface area (TPSA) is 75.6 Å². The molecule has 19 heavy (non-hydrogen) atoms. The van der Waals surface area contributed by atoms with Crippen LogP contribution in [0.4, 0.5) is 0 Å². The van der Waals surface area contributed by atoms with Gasteiger partial charge in [-0.1, -0.05) is 0 Å². The van der Waals surface area contributed by atoms with E-state index < -0.39 is 5.97 Å². The van der Waals surface area contributed by atoms with Crippen LogP contribution in [-0.4, -0.2) is 36.7 Å². The molecule has 0 bridgehead atoms. The molecule has 6 heteroatoms. The second kappa shape index (κ2) is 7.06. The van der Waals surface area contributed by atoms with Crippen molar-refractivity contribution in [2.24, 2.45) is 0 Å². The Hall–Kier alpha value is -1.66. The molecular weight excluding hydrogens is 266 g/mol. The molecule has 1 unspecified atom stereocenters. The fourth-order valence-electron chi connectivity index (χ4n) is 1.33. The van der Waals surface area contributed by atoms with Gasteiger partial charge in [-0.15, -0.1) is 11.3 Å². The van der Waals surface area contributed by atoms with E-state index in [-0.39, 0.29) is 12.0 Å². The maximum atomic E-state index is 11.9. The van der Waals surface area contributed by atoms with E-state index in [1.165, 1.54) is 17.4 Å². The van der Waals surface area contributed by atoms with Gasteiger partial charge in [0.2, 0.25) is 0 Å². The number of carbonyl (C=O) groups is 2. The van der Waals surface area contributed by atoms with E-state index in [0.29, 0.717) is 11.4 Å². The molecule has 1 atom stereocenters. The third-order valence-electron chi connectivity index (χ3n) is 2.51. The van der Waals surface area contributed by atoms with Gasteiger partial charge in [-0.05, 0) is 31.6 Å². The van der Waals surface area contributed by atoms with Crippen LogP contribution >= 0.6 is 11.3 Å². The van der Waals surface area contributed by atoms with Crippen molar-refractivity contribution < 1.29 is 19.4 Å². The van der Waals surface area contributed by atoms with Crippen LogP contribution in [-0.2, 0) is 9.53 Å². The van der Waals surface area contributed by atoms with E-state index in [1.54, 1.807) is 13.2 Å². The Labute approximate surface area is 115 Å². The van der Waals surface area contributed by atoms with Gasteiger partial charge in [0.15, 0.2) is 0 Å². The van der Waals surface area contributed by atoms with Gasteiger partial charge in [0.05, 0.1) is 11.0 Å². The first-order valence-electron chi connectivity index (χ1n) is 5.76. The average Bonchev–Trinajstić information content (AvgIpc) is 2.74. The predicted molar refractivity (Wildman–Crippen MR) is 74.5 cm³/mol. The van der Waals surface area contributed by atoms with Crippen LogP contribution in [0.1, 0.15) is 27.0 Å². The number of methoxy groups -OCH3 is 1. The lowest BCUT2D eigenvalue weighted by Gasteiger charge is -2.09. The number of amides is 1. The van der Waals surface area contributed by atoms with Crippen LogP contribution in [0.5, 0.6) is 0 Å². The minimum atomic E-state index is -1.01. The summed E-state index contributed by atoms with van der Waals surface area (Å²) < 4.78 is 5.04. The van der Waals surface area contributed by atoms with Crippen molar-refractivity contribution in [3.8, 4) is 0 Å². The molecule has 0 fully saturated rings. The van der Waals surface area contributed by atoms with Gasteiger partial charge in [-0.2, -0.15) is 0 Å². The summed E-state index contributed by atoms with van der Waals surface area (Å²) in [6, 6.07) is 1.75. The normalized spacial score (nSPS) is 12.6. The number of nitrogens with one attached hydrogen (secondary N) is 1. The molecule has 1 rings (SSSR count). The Morgan fingerprint density at radius 1 is 1.58 bits per heavy atom. The highest BCUT2D eigenvalue weighted by Gasteiger charge is 2.12. The largest absolute Gasteiger partial charge is 0.478 e. The second-order valence-electron chi connectivity index (χ2n) is 4.09. The molecular formula is C13H17NO4S. The average molecular weight is 283 g/mol. The lowest BCUT2D eigenvalue weighted by Crippen LogP contribution is -2.31. The molecule has 1 heterocycles. The summed E-state index contributed by atoms with van der Waals surface area (Å²) in [7, 11) is 1.58. The monoisotopic (exact) mass is 283 g/mol. The molecule has 0 aliphatic rings. The number of hydrogen-bond donors (Lipinski definition) is 2. The minimum Gasteiger partial charge on any atom is -0.478 e. The summed E-state index contributed by atoms with van der Waals surface area (Å²) in [5, 5.41) is 11.3. The lowest BCUT2D eigenvalue weighted by atomic mass is 10.2. The number of hydrogen-bond acceptors (Lipinski definition) is 4. The summed E-state index contributed by atoms with van der Waals surface area (Å²) >= 11 is 1.27. The van der Waals surface area contributed by atoms with E-state index in [9.17, 15) is 9.59 Å². The smallest absolute Gasteiger partial charge is 0.328 e. The van der Waals surface area contributed by atoms with Crippen LogP contribution in [0.15, 0.2) is 12.1 Å². The predicted octanol–water partition coefficient (Wildman–Crippen LogP) is 1.92.